The molecule has 2 rings (SSSR count). The number of nitro groups is 1. The molecule has 19 heavy (non-hydrogen) atoms. The Bertz CT molecular complexity index is 525. The van der Waals surface area contributed by atoms with Crippen molar-refractivity contribution in [1.29, 1.82) is 0 Å². The first-order valence-corrected chi connectivity index (χ1v) is 5.89. The number of anilines is 1. The maximum absolute atomic E-state index is 11.0. The molecule has 1 aliphatic carbocycles. The van der Waals surface area contributed by atoms with E-state index >= 15 is 0 Å². The van der Waals surface area contributed by atoms with Crippen molar-refractivity contribution in [3.05, 3.63) is 33.9 Å². The monoisotopic (exact) mass is 266 g/mol. The van der Waals surface area contributed by atoms with Gasteiger partial charge in [-0.05, 0) is 31.4 Å². The summed E-state index contributed by atoms with van der Waals surface area (Å²) < 4.78 is 0. The summed E-state index contributed by atoms with van der Waals surface area (Å²) in [5.41, 5.74) is -1.11. The van der Waals surface area contributed by atoms with Crippen LogP contribution in [0, 0.1) is 10.1 Å². The Morgan fingerprint density at radius 3 is 2.63 bits per heavy atom. The van der Waals surface area contributed by atoms with Crippen LogP contribution in [0.5, 0.6) is 0 Å². The van der Waals surface area contributed by atoms with Gasteiger partial charge in [-0.1, -0.05) is 0 Å². The van der Waals surface area contributed by atoms with Crippen LogP contribution in [0.1, 0.15) is 29.6 Å². The van der Waals surface area contributed by atoms with Crippen LogP contribution in [-0.4, -0.2) is 33.3 Å². The van der Waals surface area contributed by atoms with Crippen LogP contribution >= 0.6 is 0 Å². The van der Waals surface area contributed by atoms with E-state index in [4.69, 9.17) is 5.11 Å². The minimum Gasteiger partial charge on any atom is -0.477 e. The Hall–Kier alpha value is -2.15. The van der Waals surface area contributed by atoms with Crippen molar-refractivity contribution >= 4 is 17.3 Å². The summed E-state index contributed by atoms with van der Waals surface area (Å²) in [7, 11) is 0. The van der Waals surface area contributed by atoms with E-state index < -0.39 is 22.2 Å². The van der Waals surface area contributed by atoms with Gasteiger partial charge in [0.15, 0.2) is 0 Å². The van der Waals surface area contributed by atoms with Gasteiger partial charge in [-0.3, -0.25) is 10.1 Å². The number of nitrogens with one attached hydrogen (secondary N) is 1. The van der Waals surface area contributed by atoms with Gasteiger partial charge in [-0.2, -0.15) is 0 Å². The van der Waals surface area contributed by atoms with Crippen LogP contribution < -0.4 is 5.32 Å². The minimum absolute atomic E-state index is 0.309. The van der Waals surface area contributed by atoms with Crippen LogP contribution in [-0.2, 0) is 0 Å². The minimum atomic E-state index is -1.35. The average Bonchev–Trinajstić information content (AvgIpc) is 2.33. The van der Waals surface area contributed by atoms with Gasteiger partial charge in [-0.25, -0.2) is 4.79 Å². The molecule has 0 aromatic heterocycles. The second kappa shape index (κ2) is 4.85. The number of carboxylic acids is 1. The number of aromatic carboxylic acids is 1. The molecule has 1 saturated carbocycles. The molecule has 0 heterocycles. The van der Waals surface area contributed by atoms with Crippen molar-refractivity contribution in [3.8, 4) is 0 Å². The summed E-state index contributed by atoms with van der Waals surface area (Å²) in [4.78, 5) is 20.9. The van der Waals surface area contributed by atoms with Gasteiger partial charge in [0.05, 0.1) is 10.5 Å². The number of carboxylic acid groups (broad SMARTS) is 1. The number of rotatable bonds is 5. The van der Waals surface area contributed by atoms with Crippen molar-refractivity contribution in [2.75, 3.05) is 11.9 Å². The molecule has 1 fully saturated rings. The predicted molar refractivity (Wildman–Crippen MR) is 67.3 cm³/mol. The summed E-state index contributed by atoms with van der Waals surface area (Å²) in [5, 5.41) is 32.5. The Morgan fingerprint density at radius 2 is 2.16 bits per heavy atom. The molecule has 1 aromatic rings. The SMILES string of the molecule is O=C(O)c1cc(NCC2(O)CCC2)ccc1[N+](=O)[O-]. The van der Waals surface area contributed by atoms with E-state index in [0.717, 1.165) is 12.5 Å². The second-order valence-corrected chi connectivity index (χ2v) is 4.73. The highest BCUT2D eigenvalue weighted by Gasteiger charge is 2.34. The van der Waals surface area contributed by atoms with E-state index in [-0.39, 0.29) is 5.56 Å². The van der Waals surface area contributed by atoms with Gasteiger partial charge in [0.2, 0.25) is 0 Å². The smallest absolute Gasteiger partial charge is 0.342 e. The topological polar surface area (TPSA) is 113 Å². The fourth-order valence-corrected chi connectivity index (χ4v) is 2.00. The van der Waals surface area contributed by atoms with Crippen LogP contribution in [0.3, 0.4) is 0 Å². The largest absolute Gasteiger partial charge is 0.477 e. The lowest BCUT2D eigenvalue weighted by molar-refractivity contribution is -0.385. The molecular formula is C12H14N2O5. The third kappa shape index (κ3) is 2.82. The Morgan fingerprint density at radius 1 is 1.47 bits per heavy atom. The first-order chi connectivity index (χ1) is 8.91. The van der Waals surface area contributed by atoms with E-state index in [1.54, 1.807) is 0 Å². The van der Waals surface area contributed by atoms with Crippen LogP contribution in [0.4, 0.5) is 11.4 Å². The fraction of sp³-hybridized carbons (Fsp3) is 0.417. The van der Waals surface area contributed by atoms with Crippen LogP contribution in [0.25, 0.3) is 0 Å². The van der Waals surface area contributed by atoms with E-state index in [9.17, 15) is 20.0 Å². The summed E-state index contributed by atoms with van der Waals surface area (Å²) in [6.45, 7) is 0.309. The van der Waals surface area contributed by atoms with Crippen molar-refractivity contribution in [2.24, 2.45) is 0 Å². The molecular weight excluding hydrogens is 252 g/mol. The van der Waals surface area contributed by atoms with Crippen LogP contribution in [0.15, 0.2) is 18.2 Å². The standard InChI is InChI=1S/C12H14N2O5/c15-11(16)9-6-8(2-3-10(9)14(18)19)13-7-12(17)4-1-5-12/h2-3,6,13,17H,1,4-5,7H2,(H,15,16). The molecule has 3 N–H and O–H groups in total. The predicted octanol–water partition coefficient (Wildman–Crippen LogP) is 1.62. The molecule has 0 bridgehead atoms. The van der Waals surface area contributed by atoms with Gasteiger partial charge in [-0.15, -0.1) is 0 Å². The van der Waals surface area contributed by atoms with Crippen molar-refractivity contribution in [3.63, 3.8) is 0 Å². The molecule has 7 heteroatoms. The van der Waals surface area contributed by atoms with Crippen molar-refractivity contribution < 1.29 is 19.9 Å². The zero-order valence-corrected chi connectivity index (χ0v) is 10.1. The molecule has 0 radical (unpaired) electrons. The summed E-state index contributed by atoms with van der Waals surface area (Å²) >= 11 is 0. The lowest BCUT2D eigenvalue weighted by Crippen LogP contribution is -2.43. The first-order valence-electron chi connectivity index (χ1n) is 5.89. The third-order valence-corrected chi connectivity index (χ3v) is 3.33. The van der Waals surface area contributed by atoms with E-state index in [1.807, 2.05) is 0 Å². The highest BCUT2D eigenvalue weighted by molar-refractivity contribution is 5.93. The third-order valence-electron chi connectivity index (χ3n) is 3.33. The van der Waals surface area contributed by atoms with Crippen molar-refractivity contribution in [2.45, 2.75) is 24.9 Å². The second-order valence-electron chi connectivity index (χ2n) is 4.73. The Labute approximate surface area is 109 Å². The molecule has 1 aromatic carbocycles. The molecule has 0 unspecified atom stereocenters. The van der Waals surface area contributed by atoms with E-state index in [1.165, 1.54) is 12.1 Å². The Kier molecular flexibility index (Phi) is 3.39. The van der Waals surface area contributed by atoms with Gasteiger partial charge >= 0.3 is 5.97 Å². The molecule has 0 amide bonds. The number of benzene rings is 1. The van der Waals surface area contributed by atoms with Gasteiger partial charge in [0.25, 0.3) is 5.69 Å². The van der Waals surface area contributed by atoms with Crippen molar-refractivity contribution in [1.82, 2.24) is 0 Å². The number of nitrogens with zero attached hydrogens (tertiary/aromatic N) is 1. The van der Waals surface area contributed by atoms with Gasteiger partial charge in [0, 0.05) is 18.3 Å². The van der Waals surface area contributed by atoms with Gasteiger partial charge in [0.1, 0.15) is 5.56 Å². The highest BCUT2D eigenvalue weighted by atomic mass is 16.6. The number of nitro benzene ring substituents is 1. The lowest BCUT2D eigenvalue weighted by Gasteiger charge is -2.36. The van der Waals surface area contributed by atoms with E-state index in [0.29, 0.717) is 25.1 Å². The summed E-state index contributed by atoms with van der Waals surface area (Å²) in [6.07, 6.45) is 2.39. The zero-order valence-electron chi connectivity index (χ0n) is 10.1. The van der Waals surface area contributed by atoms with E-state index in [2.05, 4.69) is 5.32 Å². The maximum atomic E-state index is 11.0. The molecule has 1 aliphatic rings. The molecule has 7 nitrogen and oxygen atoms in total. The highest BCUT2D eigenvalue weighted by Crippen LogP contribution is 2.32. The molecule has 102 valence electrons. The Balaban J connectivity index is 2.16. The maximum Gasteiger partial charge on any atom is 0.342 e. The quantitative estimate of drug-likeness (QED) is 0.551. The molecule has 0 spiro atoms. The average molecular weight is 266 g/mol. The summed E-state index contributed by atoms with van der Waals surface area (Å²) in [6, 6.07) is 3.80. The normalized spacial score (nSPS) is 16.5. The number of aliphatic hydroxyl groups is 1. The number of hydrogen-bond donors (Lipinski definition) is 3. The van der Waals surface area contributed by atoms with Gasteiger partial charge < -0.3 is 15.5 Å². The van der Waals surface area contributed by atoms with Crippen LogP contribution in [0.2, 0.25) is 0 Å². The lowest BCUT2D eigenvalue weighted by atomic mass is 9.80. The number of carbonyl (C=O) groups is 1. The zero-order chi connectivity index (χ0) is 14.0. The molecule has 0 aliphatic heterocycles. The summed E-state index contributed by atoms with van der Waals surface area (Å²) in [5.74, 6) is -1.35. The molecule has 0 saturated heterocycles. The first kappa shape index (κ1) is 13.3. The molecule has 0 atom stereocenters. The number of hydrogen-bond acceptors (Lipinski definition) is 5. The fourth-order valence-electron chi connectivity index (χ4n) is 2.00.